The van der Waals surface area contributed by atoms with Gasteiger partial charge in [0.05, 0.1) is 40.3 Å². The molecule has 0 radical (unpaired) electrons. The molecule has 3 aromatic rings. The van der Waals surface area contributed by atoms with Crippen LogP contribution in [-0.2, 0) is 4.79 Å². The van der Waals surface area contributed by atoms with Crippen LogP contribution in [0, 0.1) is 11.3 Å². The minimum Gasteiger partial charge on any atom is -0.324 e. The average Bonchev–Trinajstić information content (AvgIpc) is 3.33. The molecular weight excluding hydrogens is 388 g/mol. The van der Waals surface area contributed by atoms with Gasteiger partial charge < -0.3 is 5.32 Å². The number of thioether (sulfide) groups is 1. The van der Waals surface area contributed by atoms with Crippen LogP contribution in [0.15, 0.2) is 53.4 Å². The Morgan fingerprint density at radius 1 is 1.29 bits per heavy atom. The summed E-state index contributed by atoms with van der Waals surface area (Å²) in [5.41, 5.74) is 1.80. The van der Waals surface area contributed by atoms with Crippen molar-refractivity contribution in [2.75, 3.05) is 24.2 Å². The molecule has 0 spiro atoms. The quantitative estimate of drug-likeness (QED) is 0.600. The van der Waals surface area contributed by atoms with E-state index in [0.29, 0.717) is 12.3 Å². The summed E-state index contributed by atoms with van der Waals surface area (Å²) in [6.45, 7) is 1.25. The van der Waals surface area contributed by atoms with Gasteiger partial charge in [0, 0.05) is 4.90 Å². The first kappa shape index (κ1) is 18.9. The van der Waals surface area contributed by atoms with Gasteiger partial charge in [-0.25, -0.2) is 4.98 Å². The lowest BCUT2D eigenvalue weighted by atomic mass is 10.2. The van der Waals surface area contributed by atoms with E-state index in [2.05, 4.69) is 22.4 Å². The van der Waals surface area contributed by atoms with Crippen molar-refractivity contribution in [2.24, 2.45) is 0 Å². The Bertz CT molecular complexity index is 993. The van der Waals surface area contributed by atoms with E-state index in [9.17, 15) is 4.79 Å². The molecule has 28 heavy (non-hydrogen) atoms. The molecule has 0 unspecified atom stereocenters. The van der Waals surface area contributed by atoms with Gasteiger partial charge in [0.25, 0.3) is 0 Å². The van der Waals surface area contributed by atoms with E-state index >= 15 is 0 Å². The fourth-order valence-corrected chi connectivity index (χ4v) is 5.31. The van der Waals surface area contributed by atoms with Gasteiger partial charge in [-0.2, -0.15) is 5.26 Å². The molecule has 1 saturated heterocycles. The molecule has 1 fully saturated rings. The van der Waals surface area contributed by atoms with Crippen molar-refractivity contribution < 1.29 is 4.79 Å². The van der Waals surface area contributed by atoms with Crippen LogP contribution >= 0.6 is 23.1 Å². The molecule has 1 aliphatic rings. The van der Waals surface area contributed by atoms with Gasteiger partial charge in [-0.15, -0.1) is 23.1 Å². The first-order valence-electron chi connectivity index (χ1n) is 9.23. The number of fused-ring (bicyclic) bond motifs is 1. The predicted molar refractivity (Wildman–Crippen MR) is 115 cm³/mol. The standard InChI is InChI=1S/C21H20N4OS2/c22-11-13-27-18-9-3-1-6-15(18)23-20(26)14-25-12-5-8-17(25)21-24-16-7-2-4-10-19(16)28-21/h1-4,6-7,9-10,17H,5,8,12-14H2,(H,23,26)/t17-/m1/s1. The molecule has 1 aliphatic heterocycles. The molecule has 7 heteroatoms. The molecule has 142 valence electrons. The van der Waals surface area contributed by atoms with Gasteiger partial charge in [-0.1, -0.05) is 24.3 Å². The minimum absolute atomic E-state index is 0.0296. The Labute approximate surface area is 172 Å². The summed E-state index contributed by atoms with van der Waals surface area (Å²) in [5.74, 6) is 0.330. The number of nitriles is 1. The topological polar surface area (TPSA) is 69.0 Å². The first-order chi connectivity index (χ1) is 13.7. The van der Waals surface area contributed by atoms with Crippen LogP contribution in [0.2, 0.25) is 0 Å². The van der Waals surface area contributed by atoms with Gasteiger partial charge in [0.2, 0.25) is 5.91 Å². The van der Waals surface area contributed by atoms with Crippen molar-refractivity contribution in [3.8, 4) is 6.07 Å². The molecule has 1 amide bonds. The van der Waals surface area contributed by atoms with Gasteiger partial charge in [-0.05, 0) is 43.7 Å². The van der Waals surface area contributed by atoms with Crippen molar-refractivity contribution in [2.45, 2.75) is 23.8 Å². The van der Waals surface area contributed by atoms with E-state index in [0.717, 1.165) is 40.5 Å². The lowest BCUT2D eigenvalue weighted by Crippen LogP contribution is -2.33. The Morgan fingerprint density at radius 2 is 2.11 bits per heavy atom. The zero-order valence-electron chi connectivity index (χ0n) is 15.3. The number of nitrogens with one attached hydrogen (secondary N) is 1. The number of para-hydroxylation sites is 2. The number of hydrogen-bond acceptors (Lipinski definition) is 6. The Hall–Kier alpha value is -2.40. The number of rotatable bonds is 6. The van der Waals surface area contributed by atoms with Gasteiger partial charge in [0.15, 0.2) is 0 Å². The third kappa shape index (κ3) is 4.20. The predicted octanol–water partition coefficient (Wildman–Crippen LogP) is 4.69. The second-order valence-corrected chi connectivity index (χ2v) is 8.72. The summed E-state index contributed by atoms with van der Waals surface area (Å²) >= 11 is 3.16. The maximum atomic E-state index is 12.7. The molecule has 0 saturated carbocycles. The molecular formula is C21H20N4OS2. The molecule has 4 rings (SSSR count). The number of carbonyl (C=O) groups excluding carboxylic acids is 1. The normalized spacial score (nSPS) is 16.9. The second-order valence-electron chi connectivity index (χ2n) is 6.64. The number of likely N-dealkylation sites (tertiary alicyclic amines) is 1. The van der Waals surface area contributed by atoms with E-state index in [-0.39, 0.29) is 11.9 Å². The fraction of sp³-hybridized carbons (Fsp3) is 0.286. The number of carbonyl (C=O) groups is 1. The van der Waals surface area contributed by atoms with Crippen molar-refractivity contribution in [1.29, 1.82) is 5.26 Å². The number of amides is 1. The van der Waals surface area contributed by atoms with Crippen molar-refractivity contribution >= 4 is 44.9 Å². The maximum absolute atomic E-state index is 12.7. The van der Waals surface area contributed by atoms with Crippen LogP contribution < -0.4 is 5.32 Å². The highest BCUT2D eigenvalue weighted by molar-refractivity contribution is 7.99. The largest absolute Gasteiger partial charge is 0.324 e. The molecule has 1 N–H and O–H groups in total. The van der Waals surface area contributed by atoms with E-state index in [1.165, 1.54) is 16.5 Å². The fourth-order valence-electron chi connectivity index (χ4n) is 3.51. The second kappa shape index (κ2) is 8.74. The zero-order chi connectivity index (χ0) is 19.3. The van der Waals surface area contributed by atoms with Crippen LogP contribution in [0.3, 0.4) is 0 Å². The van der Waals surface area contributed by atoms with Crippen LogP contribution in [-0.4, -0.2) is 34.6 Å². The summed E-state index contributed by atoms with van der Waals surface area (Å²) < 4.78 is 1.19. The summed E-state index contributed by atoms with van der Waals surface area (Å²) in [4.78, 5) is 20.6. The number of anilines is 1. The van der Waals surface area contributed by atoms with Crippen molar-refractivity contribution in [1.82, 2.24) is 9.88 Å². The lowest BCUT2D eigenvalue weighted by molar-refractivity contribution is -0.117. The van der Waals surface area contributed by atoms with Crippen molar-refractivity contribution in [3.05, 3.63) is 53.5 Å². The number of nitrogens with zero attached hydrogens (tertiary/aromatic N) is 3. The van der Waals surface area contributed by atoms with Crippen LogP contribution in [0.4, 0.5) is 5.69 Å². The molecule has 0 aliphatic carbocycles. The third-order valence-corrected chi connectivity index (χ3v) is 6.84. The maximum Gasteiger partial charge on any atom is 0.238 e. The van der Waals surface area contributed by atoms with E-state index in [1.54, 1.807) is 11.3 Å². The zero-order valence-corrected chi connectivity index (χ0v) is 16.9. The van der Waals surface area contributed by atoms with E-state index in [4.69, 9.17) is 10.2 Å². The number of aromatic nitrogens is 1. The Balaban J connectivity index is 1.45. The number of benzene rings is 2. The van der Waals surface area contributed by atoms with Crippen molar-refractivity contribution in [3.63, 3.8) is 0 Å². The lowest BCUT2D eigenvalue weighted by Gasteiger charge is -2.22. The van der Waals surface area contributed by atoms with Gasteiger partial charge in [0.1, 0.15) is 5.01 Å². The van der Waals surface area contributed by atoms with Crippen LogP contribution in [0.1, 0.15) is 23.9 Å². The summed E-state index contributed by atoms with van der Waals surface area (Å²) in [5, 5.41) is 12.9. The van der Waals surface area contributed by atoms with Crippen LogP contribution in [0.25, 0.3) is 10.2 Å². The Kier molecular flexibility index (Phi) is 5.91. The summed E-state index contributed by atoms with van der Waals surface area (Å²) in [6, 6.07) is 18.1. The number of thiazole rings is 1. The molecule has 1 atom stereocenters. The number of hydrogen-bond donors (Lipinski definition) is 1. The summed E-state index contributed by atoms with van der Waals surface area (Å²) in [7, 11) is 0. The van der Waals surface area contributed by atoms with Gasteiger partial charge in [-0.3, -0.25) is 9.69 Å². The molecule has 5 nitrogen and oxygen atoms in total. The van der Waals surface area contributed by atoms with Gasteiger partial charge >= 0.3 is 0 Å². The minimum atomic E-state index is -0.0296. The third-order valence-electron chi connectivity index (χ3n) is 4.76. The first-order valence-corrected chi connectivity index (χ1v) is 11.0. The SMILES string of the molecule is N#CCSc1ccccc1NC(=O)CN1CCC[C@@H]1c1nc2ccccc2s1. The van der Waals surface area contributed by atoms with Crippen LogP contribution in [0.5, 0.6) is 0 Å². The monoisotopic (exact) mass is 408 g/mol. The highest BCUT2D eigenvalue weighted by Crippen LogP contribution is 2.36. The highest BCUT2D eigenvalue weighted by atomic mass is 32.2. The molecule has 2 aromatic carbocycles. The smallest absolute Gasteiger partial charge is 0.238 e. The summed E-state index contributed by atoms with van der Waals surface area (Å²) in [6.07, 6.45) is 2.10. The Morgan fingerprint density at radius 3 is 2.96 bits per heavy atom. The molecule has 1 aromatic heterocycles. The van der Waals surface area contributed by atoms with E-state index < -0.39 is 0 Å². The van der Waals surface area contributed by atoms with E-state index in [1.807, 2.05) is 42.5 Å². The molecule has 0 bridgehead atoms. The molecule has 2 heterocycles. The highest BCUT2D eigenvalue weighted by Gasteiger charge is 2.30. The average molecular weight is 409 g/mol.